The first-order valence-corrected chi connectivity index (χ1v) is 9.15. The third-order valence-electron chi connectivity index (χ3n) is 6.02. The van der Waals surface area contributed by atoms with E-state index in [0.29, 0.717) is 29.0 Å². The number of carbonyl (C=O) groups is 2. The molecular formula is C18H21BrN2O2. The molecule has 0 aromatic heterocycles. The summed E-state index contributed by atoms with van der Waals surface area (Å²) in [5.41, 5.74) is 6.12. The van der Waals surface area contributed by atoms with Crippen molar-refractivity contribution in [1.29, 1.82) is 0 Å². The topological polar surface area (TPSA) is 72.2 Å². The zero-order chi connectivity index (χ0) is 16.2. The quantitative estimate of drug-likeness (QED) is 0.843. The SMILES string of the molecule is NC(=O)c1cc(Br)ccc1NC(=O)C12CC3CC(CC(C3)C1)C2. The lowest BCUT2D eigenvalue weighted by molar-refractivity contribution is -0.140. The van der Waals surface area contributed by atoms with Gasteiger partial charge in [-0.25, -0.2) is 0 Å². The summed E-state index contributed by atoms with van der Waals surface area (Å²) in [5.74, 6) is 1.71. The summed E-state index contributed by atoms with van der Waals surface area (Å²) >= 11 is 3.34. The molecule has 5 rings (SSSR count). The second-order valence-corrected chi connectivity index (χ2v) is 8.62. The highest BCUT2D eigenvalue weighted by Gasteiger charge is 2.54. The van der Waals surface area contributed by atoms with E-state index in [1.807, 2.05) is 6.07 Å². The van der Waals surface area contributed by atoms with Gasteiger partial charge in [0.05, 0.1) is 16.7 Å². The fourth-order valence-electron chi connectivity index (χ4n) is 5.47. The van der Waals surface area contributed by atoms with Gasteiger partial charge in [0, 0.05) is 4.47 Å². The van der Waals surface area contributed by atoms with Gasteiger partial charge >= 0.3 is 0 Å². The molecule has 0 atom stereocenters. The van der Waals surface area contributed by atoms with Crippen molar-refractivity contribution >= 4 is 33.4 Å². The predicted octanol–water partition coefficient (Wildman–Crippen LogP) is 3.70. The predicted molar refractivity (Wildman–Crippen MR) is 91.9 cm³/mol. The Bertz CT molecular complexity index is 650. The number of nitrogens with two attached hydrogens (primary N) is 1. The van der Waals surface area contributed by atoms with Crippen LogP contribution in [-0.4, -0.2) is 11.8 Å². The minimum absolute atomic E-state index is 0.0847. The average Bonchev–Trinajstić information content (AvgIpc) is 2.47. The fourth-order valence-corrected chi connectivity index (χ4v) is 5.83. The molecule has 0 heterocycles. The smallest absolute Gasteiger partial charge is 0.250 e. The molecule has 1 aromatic carbocycles. The Labute approximate surface area is 144 Å². The lowest BCUT2D eigenvalue weighted by Gasteiger charge is -2.55. The summed E-state index contributed by atoms with van der Waals surface area (Å²) in [7, 11) is 0. The van der Waals surface area contributed by atoms with E-state index in [-0.39, 0.29) is 11.3 Å². The van der Waals surface area contributed by atoms with Crippen molar-refractivity contribution in [3.05, 3.63) is 28.2 Å². The Hall–Kier alpha value is -1.36. The van der Waals surface area contributed by atoms with Crippen LogP contribution in [0.4, 0.5) is 5.69 Å². The minimum Gasteiger partial charge on any atom is -0.366 e. The third kappa shape index (κ3) is 2.59. The van der Waals surface area contributed by atoms with Gasteiger partial charge in [0.15, 0.2) is 0 Å². The largest absolute Gasteiger partial charge is 0.366 e. The van der Waals surface area contributed by atoms with Gasteiger partial charge < -0.3 is 11.1 Å². The zero-order valence-electron chi connectivity index (χ0n) is 13.0. The van der Waals surface area contributed by atoms with E-state index in [2.05, 4.69) is 21.2 Å². The van der Waals surface area contributed by atoms with Crippen LogP contribution in [0.5, 0.6) is 0 Å². The number of hydrogen-bond acceptors (Lipinski definition) is 2. The lowest BCUT2D eigenvalue weighted by atomic mass is 9.49. The number of amides is 2. The lowest BCUT2D eigenvalue weighted by Crippen LogP contribution is -2.51. The van der Waals surface area contributed by atoms with Crippen LogP contribution in [0.3, 0.4) is 0 Å². The first-order chi connectivity index (χ1) is 10.9. The Balaban J connectivity index is 1.60. The molecule has 4 bridgehead atoms. The van der Waals surface area contributed by atoms with Crippen molar-refractivity contribution < 1.29 is 9.59 Å². The second kappa shape index (κ2) is 5.33. The Morgan fingerprint density at radius 2 is 1.65 bits per heavy atom. The van der Waals surface area contributed by atoms with E-state index in [4.69, 9.17) is 5.73 Å². The van der Waals surface area contributed by atoms with Gasteiger partial charge in [0.25, 0.3) is 5.91 Å². The zero-order valence-corrected chi connectivity index (χ0v) is 14.6. The number of benzene rings is 1. The van der Waals surface area contributed by atoms with E-state index in [1.54, 1.807) is 12.1 Å². The molecule has 0 spiro atoms. The van der Waals surface area contributed by atoms with Gasteiger partial charge in [0.1, 0.15) is 0 Å². The van der Waals surface area contributed by atoms with Gasteiger partial charge in [-0.15, -0.1) is 0 Å². The van der Waals surface area contributed by atoms with E-state index < -0.39 is 5.91 Å². The molecule has 5 heteroatoms. The number of primary amides is 1. The van der Waals surface area contributed by atoms with Crippen molar-refractivity contribution in [2.24, 2.45) is 28.9 Å². The van der Waals surface area contributed by atoms with Crippen LogP contribution in [0.25, 0.3) is 0 Å². The van der Waals surface area contributed by atoms with Crippen LogP contribution in [0.2, 0.25) is 0 Å². The molecule has 0 unspecified atom stereocenters. The van der Waals surface area contributed by atoms with E-state index in [1.165, 1.54) is 19.3 Å². The Morgan fingerprint density at radius 3 is 2.17 bits per heavy atom. The highest BCUT2D eigenvalue weighted by molar-refractivity contribution is 9.10. The van der Waals surface area contributed by atoms with Crippen LogP contribution in [-0.2, 0) is 4.79 Å². The second-order valence-electron chi connectivity index (χ2n) is 7.71. The highest BCUT2D eigenvalue weighted by atomic mass is 79.9. The number of nitrogens with one attached hydrogen (secondary N) is 1. The molecule has 4 saturated carbocycles. The molecule has 3 N–H and O–H groups in total. The molecule has 1 aromatic rings. The molecular weight excluding hydrogens is 356 g/mol. The van der Waals surface area contributed by atoms with Crippen molar-refractivity contribution in [3.8, 4) is 0 Å². The van der Waals surface area contributed by atoms with Gasteiger partial charge in [-0.05, 0) is 74.5 Å². The molecule has 0 aliphatic heterocycles. The van der Waals surface area contributed by atoms with Crippen LogP contribution in [0.1, 0.15) is 48.9 Å². The summed E-state index contributed by atoms with van der Waals surface area (Å²) in [4.78, 5) is 24.7. The summed E-state index contributed by atoms with van der Waals surface area (Å²) in [6, 6.07) is 5.24. The van der Waals surface area contributed by atoms with Gasteiger partial charge in [-0.2, -0.15) is 0 Å². The molecule has 0 saturated heterocycles. The number of halogens is 1. The van der Waals surface area contributed by atoms with E-state index in [0.717, 1.165) is 23.7 Å². The van der Waals surface area contributed by atoms with E-state index in [9.17, 15) is 9.59 Å². The normalized spacial score (nSPS) is 34.4. The maximum Gasteiger partial charge on any atom is 0.250 e. The molecule has 4 fully saturated rings. The van der Waals surface area contributed by atoms with Crippen molar-refractivity contribution in [2.45, 2.75) is 38.5 Å². The monoisotopic (exact) mass is 376 g/mol. The molecule has 4 aliphatic carbocycles. The maximum absolute atomic E-state index is 13.1. The molecule has 122 valence electrons. The summed E-state index contributed by atoms with van der Waals surface area (Å²) in [6.07, 6.45) is 6.93. The molecule has 0 radical (unpaired) electrons. The third-order valence-corrected chi connectivity index (χ3v) is 6.51. The van der Waals surface area contributed by atoms with E-state index >= 15 is 0 Å². The number of carbonyl (C=O) groups excluding carboxylic acids is 2. The van der Waals surface area contributed by atoms with Gasteiger partial charge in [-0.1, -0.05) is 15.9 Å². The van der Waals surface area contributed by atoms with Crippen molar-refractivity contribution in [1.82, 2.24) is 0 Å². The molecule has 4 aliphatic rings. The number of hydrogen-bond donors (Lipinski definition) is 2. The van der Waals surface area contributed by atoms with Gasteiger partial charge in [0.2, 0.25) is 5.91 Å². The van der Waals surface area contributed by atoms with Crippen LogP contribution in [0, 0.1) is 23.2 Å². The molecule has 4 nitrogen and oxygen atoms in total. The summed E-state index contributed by atoms with van der Waals surface area (Å²) in [5, 5.41) is 3.02. The minimum atomic E-state index is -0.521. The van der Waals surface area contributed by atoms with Crippen molar-refractivity contribution in [3.63, 3.8) is 0 Å². The van der Waals surface area contributed by atoms with Crippen LogP contribution < -0.4 is 11.1 Å². The molecule has 2 amide bonds. The summed E-state index contributed by atoms with van der Waals surface area (Å²) < 4.78 is 0.777. The Kier molecular flexibility index (Phi) is 3.52. The fraction of sp³-hybridized carbons (Fsp3) is 0.556. The average molecular weight is 377 g/mol. The summed E-state index contributed by atoms with van der Waals surface area (Å²) in [6.45, 7) is 0. The van der Waals surface area contributed by atoms with Gasteiger partial charge in [-0.3, -0.25) is 9.59 Å². The van der Waals surface area contributed by atoms with Crippen LogP contribution >= 0.6 is 15.9 Å². The number of rotatable bonds is 3. The maximum atomic E-state index is 13.1. The Morgan fingerprint density at radius 1 is 1.09 bits per heavy atom. The van der Waals surface area contributed by atoms with Crippen LogP contribution in [0.15, 0.2) is 22.7 Å². The number of anilines is 1. The standard InChI is InChI=1S/C18H21BrN2O2/c19-13-1-2-15(14(6-13)16(20)22)21-17(23)18-7-10-3-11(8-18)5-12(4-10)9-18/h1-2,6,10-12H,3-5,7-9H2,(H2,20,22)(H,21,23). The first-order valence-electron chi connectivity index (χ1n) is 8.36. The first kappa shape index (κ1) is 15.2. The van der Waals surface area contributed by atoms with Crippen molar-refractivity contribution in [2.75, 3.05) is 5.32 Å². The molecule has 23 heavy (non-hydrogen) atoms. The highest BCUT2D eigenvalue weighted by Crippen LogP contribution is 2.60.